The summed E-state index contributed by atoms with van der Waals surface area (Å²) < 4.78 is 13.9. The third-order valence-corrected chi connectivity index (χ3v) is 3.88. The van der Waals surface area contributed by atoms with Crippen molar-refractivity contribution in [2.45, 2.75) is 11.5 Å². The number of rotatable bonds is 5. The summed E-state index contributed by atoms with van der Waals surface area (Å²) in [6.07, 6.45) is 0. The Balaban J connectivity index is 1.97. The normalized spacial score (nSPS) is 11.6. The zero-order valence-electron chi connectivity index (χ0n) is 10.8. The predicted molar refractivity (Wildman–Crippen MR) is 80.4 cm³/mol. The van der Waals surface area contributed by atoms with E-state index in [4.69, 9.17) is 10.9 Å². The lowest BCUT2D eigenvalue weighted by Crippen LogP contribution is -2.13. The maximum atomic E-state index is 13.9. The zero-order chi connectivity index (χ0) is 14.4. The quantitative estimate of drug-likeness (QED) is 0.384. The van der Waals surface area contributed by atoms with Crippen molar-refractivity contribution in [2.24, 2.45) is 10.9 Å². The predicted octanol–water partition coefficient (Wildman–Crippen LogP) is 3.35. The molecule has 0 aliphatic carbocycles. The van der Waals surface area contributed by atoms with E-state index in [0.717, 1.165) is 5.75 Å². The van der Waals surface area contributed by atoms with Gasteiger partial charge in [0.15, 0.2) is 5.84 Å². The van der Waals surface area contributed by atoms with Gasteiger partial charge in [-0.15, -0.1) is 0 Å². The first-order chi connectivity index (χ1) is 9.70. The van der Waals surface area contributed by atoms with Crippen molar-refractivity contribution in [3.05, 3.63) is 71.0 Å². The molecule has 0 aliphatic rings. The molecule has 3 N–H and O–H groups in total. The van der Waals surface area contributed by atoms with Crippen LogP contribution in [0, 0.1) is 5.82 Å². The monoisotopic (exact) mass is 290 g/mol. The summed E-state index contributed by atoms with van der Waals surface area (Å²) in [5, 5.41) is 11.4. The number of nitrogens with zero attached hydrogens (tertiary/aromatic N) is 1. The maximum absolute atomic E-state index is 13.9. The molecule has 0 unspecified atom stereocenters. The smallest absolute Gasteiger partial charge is 0.170 e. The lowest BCUT2D eigenvalue weighted by atomic mass is 10.1. The fraction of sp³-hybridized carbons (Fsp3) is 0.133. The van der Waals surface area contributed by atoms with E-state index in [2.05, 4.69) is 5.16 Å². The molecule has 2 aromatic carbocycles. The van der Waals surface area contributed by atoms with Crippen molar-refractivity contribution in [3.8, 4) is 0 Å². The van der Waals surface area contributed by atoms with Gasteiger partial charge in [0.2, 0.25) is 0 Å². The molecule has 3 nitrogen and oxygen atoms in total. The summed E-state index contributed by atoms with van der Waals surface area (Å²) in [7, 11) is 0. The number of halogens is 1. The maximum Gasteiger partial charge on any atom is 0.170 e. The van der Waals surface area contributed by atoms with Gasteiger partial charge < -0.3 is 10.9 Å². The molecule has 0 aromatic heterocycles. The minimum atomic E-state index is -0.338. The molecule has 0 amide bonds. The summed E-state index contributed by atoms with van der Waals surface area (Å²) in [6, 6.07) is 14.6. The zero-order valence-corrected chi connectivity index (χ0v) is 11.6. The molecule has 0 spiro atoms. The second-order valence-corrected chi connectivity index (χ2v) is 5.26. The van der Waals surface area contributed by atoms with Crippen LogP contribution in [-0.4, -0.2) is 11.0 Å². The first-order valence-electron chi connectivity index (χ1n) is 6.08. The summed E-state index contributed by atoms with van der Waals surface area (Å²) in [6.45, 7) is 0. The highest BCUT2D eigenvalue weighted by Crippen LogP contribution is 2.20. The molecule has 0 radical (unpaired) electrons. The minimum Gasteiger partial charge on any atom is -0.409 e. The first kappa shape index (κ1) is 14.4. The fourth-order valence-electron chi connectivity index (χ4n) is 1.73. The lowest BCUT2D eigenvalue weighted by molar-refractivity contribution is 0.318. The highest BCUT2D eigenvalue weighted by molar-refractivity contribution is 7.97. The van der Waals surface area contributed by atoms with Gasteiger partial charge in [-0.25, -0.2) is 4.39 Å². The Morgan fingerprint density at radius 3 is 2.55 bits per heavy atom. The summed E-state index contributed by atoms with van der Waals surface area (Å²) in [4.78, 5) is 0. The Kier molecular flexibility index (Phi) is 5.01. The summed E-state index contributed by atoms with van der Waals surface area (Å²) >= 11 is 1.64. The molecule has 0 saturated heterocycles. The van der Waals surface area contributed by atoms with Crippen LogP contribution < -0.4 is 5.73 Å². The van der Waals surface area contributed by atoms with Crippen LogP contribution in [0.5, 0.6) is 0 Å². The Bertz CT molecular complexity index is 602. The van der Waals surface area contributed by atoms with Crippen LogP contribution >= 0.6 is 11.8 Å². The highest BCUT2D eigenvalue weighted by atomic mass is 32.2. The van der Waals surface area contributed by atoms with Gasteiger partial charge in [0.25, 0.3) is 0 Å². The van der Waals surface area contributed by atoms with Crippen LogP contribution in [0.25, 0.3) is 0 Å². The second-order valence-electron chi connectivity index (χ2n) is 4.27. The molecule has 2 rings (SSSR count). The number of amidine groups is 1. The molecule has 0 heterocycles. The van der Waals surface area contributed by atoms with Crippen molar-refractivity contribution in [2.75, 3.05) is 0 Å². The SMILES string of the molecule is N/C(=N\O)c1ccc(CSCc2ccccc2)c(F)c1. The Hall–Kier alpha value is -2.01. The molecular weight excluding hydrogens is 275 g/mol. The van der Waals surface area contributed by atoms with E-state index < -0.39 is 0 Å². The lowest BCUT2D eigenvalue weighted by Gasteiger charge is -2.06. The van der Waals surface area contributed by atoms with Gasteiger partial charge in [0.05, 0.1) is 0 Å². The van der Waals surface area contributed by atoms with Crippen LogP contribution in [0.1, 0.15) is 16.7 Å². The van der Waals surface area contributed by atoms with Crippen LogP contribution in [-0.2, 0) is 11.5 Å². The fourth-order valence-corrected chi connectivity index (χ4v) is 2.72. The largest absolute Gasteiger partial charge is 0.409 e. The van der Waals surface area contributed by atoms with E-state index in [1.807, 2.05) is 30.3 Å². The number of nitrogens with two attached hydrogens (primary N) is 1. The molecule has 104 valence electrons. The average molecular weight is 290 g/mol. The van der Waals surface area contributed by atoms with Crippen LogP contribution in [0.4, 0.5) is 4.39 Å². The molecule has 0 saturated carbocycles. The van der Waals surface area contributed by atoms with Gasteiger partial charge in [0.1, 0.15) is 5.82 Å². The van der Waals surface area contributed by atoms with E-state index in [1.54, 1.807) is 23.9 Å². The molecule has 0 fully saturated rings. The van der Waals surface area contributed by atoms with Crippen molar-refractivity contribution >= 4 is 17.6 Å². The number of thioether (sulfide) groups is 1. The minimum absolute atomic E-state index is 0.0904. The van der Waals surface area contributed by atoms with Gasteiger partial charge in [0, 0.05) is 17.1 Å². The Morgan fingerprint density at radius 1 is 1.15 bits per heavy atom. The van der Waals surface area contributed by atoms with Crippen LogP contribution in [0.15, 0.2) is 53.7 Å². The van der Waals surface area contributed by atoms with Crippen molar-refractivity contribution in [3.63, 3.8) is 0 Å². The average Bonchev–Trinajstić information content (AvgIpc) is 2.49. The second kappa shape index (κ2) is 6.96. The van der Waals surface area contributed by atoms with E-state index in [-0.39, 0.29) is 11.7 Å². The van der Waals surface area contributed by atoms with Gasteiger partial charge in [-0.3, -0.25) is 0 Å². The van der Waals surface area contributed by atoms with E-state index >= 15 is 0 Å². The molecular formula is C15H15FN2OS. The van der Waals surface area contributed by atoms with Gasteiger partial charge in [-0.05, 0) is 17.2 Å². The number of hydrogen-bond donors (Lipinski definition) is 2. The molecule has 0 atom stereocenters. The summed E-state index contributed by atoms with van der Waals surface area (Å²) in [5.41, 5.74) is 7.62. The van der Waals surface area contributed by atoms with Gasteiger partial charge in [-0.2, -0.15) is 11.8 Å². The Morgan fingerprint density at radius 2 is 1.90 bits per heavy atom. The summed E-state index contributed by atoms with van der Waals surface area (Å²) in [5.74, 6) is 0.987. The van der Waals surface area contributed by atoms with Gasteiger partial charge in [-0.1, -0.05) is 47.6 Å². The number of benzene rings is 2. The first-order valence-corrected chi connectivity index (χ1v) is 7.24. The third-order valence-electron chi connectivity index (χ3n) is 2.83. The Labute approximate surface area is 121 Å². The molecule has 5 heteroatoms. The van der Waals surface area contributed by atoms with E-state index in [0.29, 0.717) is 16.9 Å². The van der Waals surface area contributed by atoms with Crippen LogP contribution in [0.3, 0.4) is 0 Å². The van der Waals surface area contributed by atoms with Crippen molar-refractivity contribution < 1.29 is 9.60 Å². The number of oxime groups is 1. The van der Waals surface area contributed by atoms with Gasteiger partial charge >= 0.3 is 0 Å². The highest BCUT2D eigenvalue weighted by Gasteiger charge is 2.06. The molecule has 20 heavy (non-hydrogen) atoms. The van der Waals surface area contributed by atoms with E-state index in [1.165, 1.54) is 11.6 Å². The van der Waals surface area contributed by atoms with Crippen LogP contribution in [0.2, 0.25) is 0 Å². The molecule has 0 bridgehead atoms. The molecule has 2 aromatic rings. The van der Waals surface area contributed by atoms with Crippen molar-refractivity contribution in [1.82, 2.24) is 0 Å². The molecule has 0 aliphatic heterocycles. The number of hydrogen-bond acceptors (Lipinski definition) is 3. The van der Waals surface area contributed by atoms with E-state index in [9.17, 15) is 4.39 Å². The third kappa shape index (κ3) is 3.74. The topological polar surface area (TPSA) is 58.6 Å². The standard InChI is InChI=1S/C15H15FN2OS/c16-14-8-12(15(17)18-19)6-7-13(14)10-20-9-11-4-2-1-3-5-11/h1-8,19H,9-10H2,(H2,17,18). The van der Waals surface area contributed by atoms with Crippen molar-refractivity contribution in [1.29, 1.82) is 0 Å².